The lowest BCUT2D eigenvalue weighted by Gasteiger charge is -2.15. The molecule has 1 N–H and O–H groups in total. The minimum Gasteiger partial charge on any atom is -0.338 e. The Labute approximate surface area is 116 Å². The van der Waals surface area contributed by atoms with E-state index in [2.05, 4.69) is 29.3 Å². The third kappa shape index (κ3) is 4.94. The van der Waals surface area contributed by atoms with Crippen LogP contribution >= 0.6 is 0 Å². The second kappa shape index (κ2) is 7.63. The zero-order chi connectivity index (χ0) is 13.5. The Kier molecular flexibility index (Phi) is 5.83. The normalized spacial score (nSPS) is 18.5. The lowest BCUT2D eigenvalue weighted by Crippen LogP contribution is -2.19. The Bertz CT molecular complexity index is 354. The highest BCUT2D eigenvalue weighted by atomic mass is 16.5. The van der Waals surface area contributed by atoms with E-state index in [0.717, 1.165) is 18.3 Å². The first-order valence-corrected chi connectivity index (χ1v) is 7.79. The minimum atomic E-state index is 0.517. The number of hydrogen-bond donors (Lipinski definition) is 1. The summed E-state index contributed by atoms with van der Waals surface area (Å²) in [7, 11) is 0. The largest absolute Gasteiger partial charge is 0.338 e. The lowest BCUT2D eigenvalue weighted by molar-refractivity contribution is 0.351. The van der Waals surface area contributed by atoms with E-state index in [9.17, 15) is 0 Å². The summed E-state index contributed by atoms with van der Waals surface area (Å²) in [5.74, 6) is 2.83. The van der Waals surface area contributed by atoms with Gasteiger partial charge in [0.1, 0.15) is 0 Å². The molecular formula is C15H27N3O. The zero-order valence-electron chi connectivity index (χ0n) is 12.3. The van der Waals surface area contributed by atoms with Crippen molar-refractivity contribution in [3.63, 3.8) is 0 Å². The van der Waals surface area contributed by atoms with Crippen molar-refractivity contribution in [3.05, 3.63) is 11.7 Å². The Hall–Kier alpha value is -0.900. The van der Waals surface area contributed by atoms with Crippen LogP contribution < -0.4 is 5.32 Å². The van der Waals surface area contributed by atoms with E-state index < -0.39 is 0 Å². The SMILES string of the molecule is CC(C)CNCc1nc(C2CCCCCCC2)no1. The molecule has 0 radical (unpaired) electrons. The number of nitrogens with zero attached hydrogens (tertiary/aromatic N) is 2. The predicted molar refractivity (Wildman–Crippen MR) is 75.9 cm³/mol. The van der Waals surface area contributed by atoms with E-state index in [4.69, 9.17) is 4.52 Å². The van der Waals surface area contributed by atoms with Crippen LogP contribution in [0.25, 0.3) is 0 Å². The van der Waals surface area contributed by atoms with Crippen molar-refractivity contribution in [2.45, 2.75) is 71.3 Å². The first-order chi connectivity index (χ1) is 9.25. The fourth-order valence-electron chi connectivity index (χ4n) is 2.69. The van der Waals surface area contributed by atoms with Gasteiger partial charge < -0.3 is 9.84 Å². The fourth-order valence-corrected chi connectivity index (χ4v) is 2.69. The van der Waals surface area contributed by atoms with Crippen LogP contribution in [-0.2, 0) is 6.54 Å². The molecule has 0 amide bonds. The van der Waals surface area contributed by atoms with Crippen LogP contribution in [0, 0.1) is 5.92 Å². The van der Waals surface area contributed by atoms with Gasteiger partial charge in [0.2, 0.25) is 5.89 Å². The number of aromatic nitrogens is 2. The standard InChI is InChI=1S/C15H27N3O/c1-12(2)10-16-11-14-17-15(18-19-14)13-8-6-4-3-5-7-9-13/h12-13,16H,3-11H2,1-2H3. The van der Waals surface area contributed by atoms with Gasteiger partial charge in [-0.15, -0.1) is 0 Å². The van der Waals surface area contributed by atoms with Crippen molar-refractivity contribution in [3.8, 4) is 0 Å². The molecular weight excluding hydrogens is 238 g/mol. The zero-order valence-corrected chi connectivity index (χ0v) is 12.3. The molecule has 0 atom stereocenters. The van der Waals surface area contributed by atoms with Gasteiger partial charge in [0.15, 0.2) is 5.82 Å². The summed E-state index contributed by atoms with van der Waals surface area (Å²) in [4.78, 5) is 4.56. The number of hydrogen-bond acceptors (Lipinski definition) is 4. The van der Waals surface area contributed by atoms with Crippen molar-refractivity contribution in [2.24, 2.45) is 5.92 Å². The van der Waals surface area contributed by atoms with Crippen molar-refractivity contribution < 1.29 is 4.52 Å². The molecule has 1 saturated carbocycles. The molecule has 4 heteroatoms. The van der Waals surface area contributed by atoms with E-state index in [1.807, 2.05) is 0 Å². The molecule has 1 aromatic heterocycles. The molecule has 1 heterocycles. The number of rotatable bonds is 5. The molecule has 0 aliphatic heterocycles. The second-order valence-corrected chi connectivity index (χ2v) is 6.11. The van der Waals surface area contributed by atoms with Crippen LogP contribution in [0.5, 0.6) is 0 Å². The summed E-state index contributed by atoms with van der Waals surface area (Å²) in [6.45, 7) is 6.07. The van der Waals surface area contributed by atoms with Crippen LogP contribution in [-0.4, -0.2) is 16.7 Å². The maximum atomic E-state index is 5.35. The van der Waals surface area contributed by atoms with Crippen LogP contribution in [0.4, 0.5) is 0 Å². The molecule has 108 valence electrons. The van der Waals surface area contributed by atoms with E-state index >= 15 is 0 Å². The summed E-state index contributed by atoms with van der Waals surface area (Å²) >= 11 is 0. The number of nitrogens with one attached hydrogen (secondary N) is 1. The average Bonchev–Trinajstić information content (AvgIpc) is 2.76. The molecule has 4 nitrogen and oxygen atoms in total. The van der Waals surface area contributed by atoms with Crippen LogP contribution in [0.2, 0.25) is 0 Å². The van der Waals surface area contributed by atoms with Gasteiger partial charge in [0.25, 0.3) is 0 Å². The molecule has 0 unspecified atom stereocenters. The molecule has 1 fully saturated rings. The summed E-state index contributed by atoms with van der Waals surface area (Å²) in [5.41, 5.74) is 0. The molecule has 19 heavy (non-hydrogen) atoms. The molecule has 0 spiro atoms. The Morgan fingerprint density at radius 2 is 1.84 bits per heavy atom. The molecule has 1 aliphatic rings. The second-order valence-electron chi connectivity index (χ2n) is 6.11. The fraction of sp³-hybridized carbons (Fsp3) is 0.867. The quantitative estimate of drug-likeness (QED) is 0.883. The highest BCUT2D eigenvalue weighted by Crippen LogP contribution is 2.29. The first-order valence-electron chi connectivity index (χ1n) is 7.79. The highest BCUT2D eigenvalue weighted by Gasteiger charge is 2.19. The van der Waals surface area contributed by atoms with Crippen molar-refractivity contribution in [2.75, 3.05) is 6.54 Å². The monoisotopic (exact) mass is 265 g/mol. The smallest absolute Gasteiger partial charge is 0.240 e. The van der Waals surface area contributed by atoms with Gasteiger partial charge in [-0.3, -0.25) is 0 Å². The Morgan fingerprint density at radius 3 is 2.53 bits per heavy atom. The Morgan fingerprint density at radius 1 is 1.16 bits per heavy atom. The topological polar surface area (TPSA) is 51.0 Å². The van der Waals surface area contributed by atoms with Crippen molar-refractivity contribution >= 4 is 0 Å². The summed E-state index contributed by atoms with van der Waals surface area (Å²) in [6.07, 6.45) is 9.16. The van der Waals surface area contributed by atoms with Crippen LogP contribution in [0.1, 0.15) is 76.4 Å². The van der Waals surface area contributed by atoms with Crippen molar-refractivity contribution in [1.82, 2.24) is 15.5 Å². The third-order valence-electron chi connectivity index (χ3n) is 3.78. The molecule has 1 aliphatic carbocycles. The molecule has 0 saturated heterocycles. The first kappa shape index (κ1) is 14.5. The van der Waals surface area contributed by atoms with Gasteiger partial charge in [0, 0.05) is 5.92 Å². The van der Waals surface area contributed by atoms with E-state index in [-0.39, 0.29) is 0 Å². The van der Waals surface area contributed by atoms with Crippen molar-refractivity contribution in [1.29, 1.82) is 0 Å². The van der Waals surface area contributed by atoms with Gasteiger partial charge in [-0.1, -0.05) is 51.1 Å². The van der Waals surface area contributed by atoms with Crippen LogP contribution in [0.3, 0.4) is 0 Å². The average molecular weight is 265 g/mol. The van der Waals surface area contributed by atoms with Gasteiger partial charge in [-0.05, 0) is 25.3 Å². The Balaban J connectivity index is 1.84. The predicted octanol–water partition coefficient (Wildman–Crippen LogP) is 3.64. The van der Waals surface area contributed by atoms with Gasteiger partial charge >= 0.3 is 0 Å². The highest BCUT2D eigenvalue weighted by molar-refractivity contribution is 4.96. The molecule has 0 aromatic carbocycles. The van der Waals surface area contributed by atoms with Gasteiger partial charge in [-0.2, -0.15) is 4.98 Å². The van der Waals surface area contributed by atoms with E-state index in [0.29, 0.717) is 18.4 Å². The lowest BCUT2D eigenvalue weighted by atomic mass is 9.91. The molecule has 2 rings (SSSR count). The maximum Gasteiger partial charge on any atom is 0.240 e. The minimum absolute atomic E-state index is 0.517. The summed E-state index contributed by atoms with van der Waals surface area (Å²) in [5, 5.41) is 7.53. The molecule has 1 aromatic rings. The maximum absolute atomic E-state index is 5.35. The van der Waals surface area contributed by atoms with E-state index in [1.54, 1.807) is 0 Å². The summed E-state index contributed by atoms with van der Waals surface area (Å²) < 4.78 is 5.35. The summed E-state index contributed by atoms with van der Waals surface area (Å²) in [6, 6.07) is 0. The molecule has 0 bridgehead atoms. The van der Waals surface area contributed by atoms with Gasteiger partial charge in [-0.25, -0.2) is 0 Å². The van der Waals surface area contributed by atoms with E-state index in [1.165, 1.54) is 44.9 Å². The van der Waals surface area contributed by atoms with Crippen LogP contribution in [0.15, 0.2) is 4.52 Å². The third-order valence-corrected chi connectivity index (χ3v) is 3.78. The van der Waals surface area contributed by atoms with Gasteiger partial charge in [0.05, 0.1) is 6.54 Å².